The number of aryl methyl sites for hydroxylation is 1. The van der Waals surface area contributed by atoms with Crippen molar-refractivity contribution in [3.8, 4) is 0 Å². The fourth-order valence-corrected chi connectivity index (χ4v) is 4.34. The highest BCUT2D eigenvalue weighted by molar-refractivity contribution is 5.37. The predicted octanol–water partition coefficient (Wildman–Crippen LogP) is 5.36. The average molecular weight is 285 g/mol. The Kier molecular flexibility index (Phi) is 5.00. The molecule has 2 unspecified atom stereocenters. The first-order valence-corrected chi connectivity index (χ1v) is 9.14. The molecule has 1 saturated carbocycles. The molecule has 1 nitrogen and oxygen atoms in total. The Morgan fingerprint density at radius 1 is 1.10 bits per heavy atom. The van der Waals surface area contributed by atoms with E-state index in [1.54, 1.807) is 16.7 Å². The van der Waals surface area contributed by atoms with Crippen molar-refractivity contribution in [2.24, 2.45) is 5.92 Å². The van der Waals surface area contributed by atoms with Gasteiger partial charge in [-0.05, 0) is 67.2 Å². The second-order valence-electron chi connectivity index (χ2n) is 7.28. The van der Waals surface area contributed by atoms with Gasteiger partial charge in [0.2, 0.25) is 0 Å². The zero-order chi connectivity index (χ0) is 14.7. The van der Waals surface area contributed by atoms with Gasteiger partial charge in [0.25, 0.3) is 0 Å². The van der Waals surface area contributed by atoms with E-state index in [0.717, 1.165) is 18.4 Å². The molecule has 2 atom stereocenters. The van der Waals surface area contributed by atoms with Crippen molar-refractivity contribution in [3.63, 3.8) is 0 Å². The maximum absolute atomic E-state index is 3.74. The molecule has 2 aliphatic rings. The van der Waals surface area contributed by atoms with Crippen molar-refractivity contribution in [1.82, 2.24) is 5.32 Å². The average Bonchev–Trinajstić information content (AvgIpc) is 2.68. The highest BCUT2D eigenvalue weighted by atomic mass is 14.9. The fourth-order valence-electron chi connectivity index (χ4n) is 4.34. The third-order valence-electron chi connectivity index (χ3n) is 5.62. The molecule has 1 fully saturated rings. The topological polar surface area (TPSA) is 12.0 Å². The van der Waals surface area contributed by atoms with Gasteiger partial charge in [-0.1, -0.05) is 51.3 Å². The third kappa shape index (κ3) is 3.51. The summed E-state index contributed by atoms with van der Waals surface area (Å²) >= 11 is 0. The smallest absolute Gasteiger partial charge is 0.0325 e. The quantitative estimate of drug-likeness (QED) is 0.737. The minimum Gasteiger partial charge on any atom is -0.310 e. The molecule has 21 heavy (non-hydrogen) atoms. The van der Waals surface area contributed by atoms with Crippen molar-refractivity contribution in [3.05, 3.63) is 34.9 Å². The number of rotatable bonds is 3. The molecule has 0 aliphatic heterocycles. The molecule has 1 aromatic carbocycles. The van der Waals surface area contributed by atoms with Crippen LogP contribution in [0, 0.1) is 5.92 Å². The molecular weight excluding hydrogens is 254 g/mol. The third-order valence-corrected chi connectivity index (χ3v) is 5.62. The highest BCUT2D eigenvalue weighted by Gasteiger charge is 2.23. The zero-order valence-electron chi connectivity index (χ0n) is 13.8. The molecule has 0 saturated heterocycles. The lowest BCUT2D eigenvalue weighted by molar-refractivity contribution is 0.413. The Morgan fingerprint density at radius 2 is 1.90 bits per heavy atom. The molecule has 1 N–H and O–H groups in total. The molecule has 0 spiro atoms. The van der Waals surface area contributed by atoms with Crippen molar-refractivity contribution >= 4 is 0 Å². The second kappa shape index (κ2) is 6.96. The summed E-state index contributed by atoms with van der Waals surface area (Å²) in [6.45, 7) is 5.73. The highest BCUT2D eigenvalue weighted by Crippen LogP contribution is 2.37. The van der Waals surface area contributed by atoms with E-state index in [4.69, 9.17) is 0 Å². The Balaban J connectivity index is 1.88. The van der Waals surface area contributed by atoms with Crippen LogP contribution in [-0.2, 0) is 6.42 Å². The molecule has 0 amide bonds. The molecular formula is C20H31N. The van der Waals surface area contributed by atoms with Crippen LogP contribution in [0.4, 0.5) is 0 Å². The van der Waals surface area contributed by atoms with Crippen LogP contribution >= 0.6 is 0 Å². The molecule has 0 bridgehead atoms. The Hall–Kier alpha value is -0.820. The summed E-state index contributed by atoms with van der Waals surface area (Å²) in [5, 5.41) is 3.74. The van der Waals surface area contributed by atoms with Gasteiger partial charge in [-0.25, -0.2) is 0 Å². The largest absolute Gasteiger partial charge is 0.310 e. The van der Waals surface area contributed by atoms with Gasteiger partial charge in [-0.15, -0.1) is 0 Å². The van der Waals surface area contributed by atoms with Gasteiger partial charge in [-0.3, -0.25) is 0 Å². The van der Waals surface area contributed by atoms with E-state index in [1.807, 2.05) is 0 Å². The lowest BCUT2D eigenvalue weighted by Gasteiger charge is -2.25. The molecule has 116 valence electrons. The van der Waals surface area contributed by atoms with E-state index in [2.05, 4.69) is 37.4 Å². The Bertz CT molecular complexity index is 459. The van der Waals surface area contributed by atoms with E-state index in [1.165, 1.54) is 51.4 Å². The maximum atomic E-state index is 3.74. The van der Waals surface area contributed by atoms with Crippen LogP contribution in [-0.4, -0.2) is 6.54 Å². The fraction of sp³-hybridized carbons (Fsp3) is 0.700. The van der Waals surface area contributed by atoms with Gasteiger partial charge in [-0.2, -0.15) is 0 Å². The summed E-state index contributed by atoms with van der Waals surface area (Å²) < 4.78 is 0. The Labute approximate surface area is 130 Å². The molecule has 1 heteroatoms. The maximum Gasteiger partial charge on any atom is 0.0325 e. The summed E-state index contributed by atoms with van der Waals surface area (Å²) in [4.78, 5) is 0. The lowest BCUT2D eigenvalue weighted by atomic mass is 9.82. The van der Waals surface area contributed by atoms with Crippen molar-refractivity contribution in [1.29, 1.82) is 0 Å². The summed E-state index contributed by atoms with van der Waals surface area (Å²) in [6, 6.07) is 8.03. The van der Waals surface area contributed by atoms with E-state index in [0.29, 0.717) is 6.04 Å². The second-order valence-corrected chi connectivity index (χ2v) is 7.28. The zero-order valence-corrected chi connectivity index (χ0v) is 13.8. The van der Waals surface area contributed by atoms with Crippen LogP contribution in [0.3, 0.4) is 0 Å². The van der Waals surface area contributed by atoms with E-state index < -0.39 is 0 Å². The van der Waals surface area contributed by atoms with Crippen LogP contribution in [0.5, 0.6) is 0 Å². The number of nitrogens with one attached hydrogen (secondary N) is 1. The van der Waals surface area contributed by atoms with Crippen LogP contribution in [0.15, 0.2) is 18.2 Å². The molecule has 1 aromatic rings. The van der Waals surface area contributed by atoms with Gasteiger partial charge in [0.1, 0.15) is 0 Å². The van der Waals surface area contributed by atoms with E-state index in [-0.39, 0.29) is 0 Å². The van der Waals surface area contributed by atoms with Gasteiger partial charge in [0.15, 0.2) is 0 Å². The van der Waals surface area contributed by atoms with Gasteiger partial charge in [0, 0.05) is 6.04 Å². The van der Waals surface area contributed by atoms with Crippen molar-refractivity contribution in [2.45, 2.75) is 77.2 Å². The number of benzene rings is 1. The first kappa shape index (κ1) is 15.1. The molecule has 2 aliphatic carbocycles. The SMILES string of the molecule is CCNC1CC(C)CCc2ccc(C3CCCCC3)cc21. The summed E-state index contributed by atoms with van der Waals surface area (Å²) in [5.41, 5.74) is 4.83. The molecule has 3 rings (SSSR count). The van der Waals surface area contributed by atoms with Gasteiger partial charge >= 0.3 is 0 Å². The molecule has 0 aromatic heterocycles. The molecule has 0 heterocycles. The molecule has 0 radical (unpaired) electrons. The van der Waals surface area contributed by atoms with E-state index in [9.17, 15) is 0 Å². The Morgan fingerprint density at radius 3 is 2.67 bits per heavy atom. The van der Waals surface area contributed by atoms with Crippen molar-refractivity contribution in [2.75, 3.05) is 6.54 Å². The van der Waals surface area contributed by atoms with Gasteiger partial charge in [0.05, 0.1) is 0 Å². The minimum atomic E-state index is 0.575. The summed E-state index contributed by atoms with van der Waals surface area (Å²) in [6.07, 6.45) is 11.0. The standard InChI is InChI=1S/C20H31N/c1-3-21-20-13-15(2)9-10-17-11-12-18(14-19(17)20)16-7-5-4-6-8-16/h11-12,14-16,20-21H,3-10,13H2,1-2H3. The predicted molar refractivity (Wildman–Crippen MR) is 90.8 cm³/mol. The van der Waals surface area contributed by atoms with Crippen LogP contribution in [0.1, 0.15) is 87.4 Å². The number of fused-ring (bicyclic) bond motifs is 1. The summed E-state index contributed by atoms with van der Waals surface area (Å²) in [7, 11) is 0. The van der Waals surface area contributed by atoms with Crippen LogP contribution in [0.25, 0.3) is 0 Å². The first-order chi connectivity index (χ1) is 10.3. The van der Waals surface area contributed by atoms with Gasteiger partial charge < -0.3 is 5.32 Å². The normalized spacial score (nSPS) is 27.1. The van der Waals surface area contributed by atoms with E-state index >= 15 is 0 Å². The van der Waals surface area contributed by atoms with Crippen LogP contribution < -0.4 is 5.32 Å². The monoisotopic (exact) mass is 285 g/mol. The minimum absolute atomic E-state index is 0.575. The number of hydrogen-bond acceptors (Lipinski definition) is 1. The lowest BCUT2D eigenvalue weighted by Crippen LogP contribution is -2.22. The first-order valence-electron chi connectivity index (χ1n) is 9.14. The summed E-state index contributed by atoms with van der Waals surface area (Å²) in [5.74, 6) is 1.66. The van der Waals surface area contributed by atoms with Crippen molar-refractivity contribution < 1.29 is 0 Å². The number of hydrogen-bond donors (Lipinski definition) is 1. The van der Waals surface area contributed by atoms with Crippen LogP contribution in [0.2, 0.25) is 0 Å².